The van der Waals surface area contributed by atoms with E-state index in [1.807, 2.05) is 12.1 Å². The van der Waals surface area contributed by atoms with Gasteiger partial charge in [-0.25, -0.2) is 0 Å². The SMILES string of the molecule is CC(C)CC(CN)CC(=O)NCc1ccc(C#N)cc1. The first-order valence-electron chi connectivity index (χ1n) is 7.01. The predicted molar refractivity (Wildman–Crippen MR) is 79.6 cm³/mol. The number of rotatable bonds is 7. The molecular weight excluding hydrogens is 250 g/mol. The molecule has 1 aromatic rings. The van der Waals surface area contributed by atoms with Gasteiger partial charge < -0.3 is 11.1 Å². The zero-order valence-electron chi connectivity index (χ0n) is 12.2. The van der Waals surface area contributed by atoms with Crippen molar-refractivity contribution in [3.05, 3.63) is 35.4 Å². The number of carbonyl (C=O) groups is 1. The molecule has 3 N–H and O–H groups in total. The van der Waals surface area contributed by atoms with Crippen molar-refractivity contribution >= 4 is 5.91 Å². The molecule has 0 spiro atoms. The van der Waals surface area contributed by atoms with Crippen molar-refractivity contribution in [2.75, 3.05) is 6.54 Å². The summed E-state index contributed by atoms with van der Waals surface area (Å²) in [6.45, 7) is 5.31. The number of hydrogen-bond donors (Lipinski definition) is 2. The first-order valence-corrected chi connectivity index (χ1v) is 7.01. The van der Waals surface area contributed by atoms with Crippen LogP contribution in [0.3, 0.4) is 0 Å². The van der Waals surface area contributed by atoms with Crippen molar-refractivity contribution in [3.8, 4) is 6.07 Å². The highest BCUT2D eigenvalue weighted by atomic mass is 16.1. The van der Waals surface area contributed by atoms with Crippen LogP contribution in [0.2, 0.25) is 0 Å². The molecule has 1 rings (SSSR count). The number of nitriles is 1. The van der Waals surface area contributed by atoms with Crippen LogP contribution < -0.4 is 11.1 Å². The summed E-state index contributed by atoms with van der Waals surface area (Å²) in [7, 11) is 0. The Hall–Kier alpha value is -1.86. The van der Waals surface area contributed by atoms with E-state index >= 15 is 0 Å². The Kier molecular flexibility index (Phi) is 6.75. The lowest BCUT2D eigenvalue weighted by molar-refractivity contribution is -0.122. The van der Waals surface area contributed by atoms with Gasteiger partial charge in [-0.2, -0.15) is 5.26 Å². The van der Waals surface area contributed by atoms with Gasteiger partial charge in [0.15, 0.2) is 0 Å². The maximum Gasteiger partial charge on any atom is 0.220 e. The number of amides is 1. The normalized spacial score (nSPS) is 11.9. The van der Waals surface area contributed by atoms with E-state index in [0.717, 1.165) is 12.0 Å². The summed E-state index contributed by atoms with van der Waals surface area (Å²) >= 11 is 0. The Bertz CT molecular complexity index is 460. The Balaban J connectivity index is 2.40. The Morgan fingerprint density at radius 3 is 2.50 bits per heavy atom. The van der Waals surface area contributed by atoms with Crippen LogP contribution in [0.5, 0.6) is 0 Å². The van der Waals surface area contributed by atoms with Gasteiger partial charge in [-0.15, -0.1) is 0 Å². The van der Waals surface area contributed by atoms with E-state index in [2.05, 4.69) is 25.2 Å². The summed E-state index contributed by atoms with van der Waals surface area (Å²) in [5.74, 6) is 0.830. The minimum atomic E-state index is 0.0328. The van der Waals surface area contributed by atoms with Crippen LogP contribution in [-0.2, 0) is 11.3 Å². The van der Waals surface area contributed by atoms with Crippen molar-refractivity contribution in [1.82, 2.24) is 5.32 Å². The maximum absolute atomic E-state index is 11.9. The van der Waals surface area contributed by atoms with E-state index < -0.39 is 0 Å². The van der Waals surface area contributed by atoms with E-state index in [1.54, 1.807) is 12.1 Å². The van der Waals surface area contributed by atoms with Gasteiger partial charge in [0.25, 0.3) is 0 Å². The fraction of sp³-hybridized carbons (Fsp3) is 0.500. The maximum atomic E-state index is 11.9. The van der Waals surface area contributed by atoms with Gasteiger partial charge in [0.05, 0.1) is 11.6 Å². The average Bonchev–Trinajstić information content (AvgIpc) is 2.44. The van der Waals surface area contributed by atoms with E-state index in [-0.39, 0.29) is 11.8 Å². The molecule has 108 valence electrons. The molecule has 4 nitrogen and oxygen atoms in total. The van der Waals surface area contributed by atoms with E-state index in [9.17, 15) is 4.79 Å². The van der Waals surface area contributed by atoms with Crippen LogP contribution in [0, 0.1) is 23.2 Å². The van der Waals surface area contributed by atoms with Gasteiger partial charge in [0, 0.05) is 13.0 Å². The molecule has 1 amide bonds. The molecule has 4 heteroatoms. The number of nitrogens with two attached hydrogens (primary N) is 1. The van der Waals surface area contributed by atoms with Crippen LogP contribution in [-0.4, -0.2) is 12.5 Å². The number of hydrogen-bond acceptors (Lipinski definition) is 3. The highest BCUT2D eigenvalue weighted by Gasteiger charge is 2.13. The molecule has 0 saturated carbocycles. The molecule has 0 aliphatic carbocycles. The zero-order valence-corrected chi connectivity index (χ0v) is 12.2. The van der Waals surface area contributed by atoms with Gasteiger partial charge in [-0.05, 0) is 42.5 Å². The Morgan fingerprint density at radius 2 is 2.00 bits per heavy atom. The van der Waals surface area contributed by atoms with Gasteiger partial charge in [0.1, 0.15) is 0 Å². The van der Waals surface area contributed by atoms with Crippen molar-refractivity contribution in [1.29, 1.82) is 5.26 Å². The number of carbonyl (C=O) groups excluding carboxylic acids is 1. The molecule has 0 aliphatic heterocycles. The molecular formula is C16H23N3O. The second kappa shape index (κ2) is 8.34. The quantitative estimate of drug-likeness (QED) is 0.799. The molecule has 1 atom stereocenters. The molecule has 1 unspecified atom stereocenters. The number of nitrogens with zero attached hydrogens (tertiary/aromatic N) is 1. The van der Waals surface area contributed by atoms with Crippen LogP contribution in [0.25, 0.3) is 0 Å². The summed E-state index contributed by atoms with van der Waals surface area (Å²) in [5, 5.41) is 11.6. The lowest BCUT2D eigenvalue weighted by atomic mass is 9.94. The molecule has 0 aromatic heterocycles. The second-order valence-electron chi connectivity index (χ2n) is 5.52. The van der Waals surface area contributed by atoms with Gasteiger partial charge >= 0.3 is 0 Å². The summed E-state index contributed by atoms with van der Waals surface area (Å²) in [6.07, 6.45) is 1.45. The third-order valence-electron chi connectivity index (χ3n) is 3.18. The van der Waals surface area contributed by atoms with Crippen LogP contribution in [0.1, 0.15) is 37.8 Å². The standard InChI is InChI=1S/C16H23N3O/c1-12(2)7-15(10-18)8-16(20)19-11-14-5-3-13(9-17)4-6-14/h3-6,12,15H,7-8,10-11,18H2,1-2H3,(H,19,20). The topological polar surface area (TPSA) is 78.9 Å². The lowest BCUT2D eigenvalue weighted by Gasteiger charge is -2.16. The molecule has 0 fully saturated rings. The van der Waals surface area contributed by atoms with Crippen LogP contribution >= 0.6 is 0 Å². The Labute approximate surface area is 121 Å². The van der Waals surface area contributed by atoms with Crippen LogP contribution in [0.15, 0.2) is 24.3 Å². The molecule has 0 heterocycles. The summed E-state index contributed by atoms with van der Waals surface area (Å²) in [5.41, 5.74) is 7.31. The molecule has 0 radical (unpaired) electrons. The summed E-state index contributed by atoms with van der Waals surface area (Å²) in [4.78, 5) is 11.9. The van der Waals surface area contributed by atoms with Crippen molar-refractivity contribution < 1.29 is 4.79 Å². The molecule has 20 heavy (non-hydrogen) atoms. The minimum absolute atomic E-state index is 0.0328. The lowest BCUT2D eigenvalue weighted by Crippen LogP contribution is -2.28. The molecule has 1 aromatic carbocycles. The average molecular weight is 273 g/mol. The summed E-state index contributed by atoms with van der Waals surface area (Å²) in [6, 6.07) is 9.28. The molecule has 0 aliphatic rings. The van der Waals surface area contributed by atoms with Crippen molar-refractivity contribution in [2.45, 2.75) is 33.2 Å². The molecule has 0 saturated heterocycles. The second-order valence-corrected chi connectivity index (χ2v) is 5.52. The Morgan fingerprint density at radius 1 is 1.35 bits per heavy atom. The van der Waals surface area contributed by atoms with Gasteiger partial charge in [-0.1, -0.05) is 26.0 Å². The van der Waals surface area contributed by atoms with Crippen molar-refractivity contribution in [3.63, 3.8) is 0 Å². The fourth-order valence-electron chi connectivity index (χ4n) is 2.16. The largest absolute Gasteiger partial charge is 0.352 e. The fourth-order valence-corrected chi connectivity index (χ4v) is 2.16. The van der Waals surface area contributed by atoms with Crippen LogP contribution in [0.4, 0.5) is 0 Å². The van der Waals surface area contributed by atoms with Gasteiger partial charge in [0.2, 0.25) is 5.91 Å². The molecule has 0 bridgehead atoms. The zero-order chi connectivity index (χ0) is 15.0. The predicted octanol–water partition coefficient (Wildman–Crippen LogP) is 2.19. The highest BCUT2D eigenvalue weighted by molar-refractivity contribution is 5.76. The van der Waals surface area contributed by atoms with E-state index in [0.29, 0.717) is 31.0 Å². The smallest absolute Gasteiger partial charge is 0.220 e. The highest BCUT2D eigenvalue weighted by Crippen LogP contribution is 2.14. The first-order chi connectivity index (χ1) is 9.55. The third kappa shape index (κ3) is 5.85. The van der Waals surface area contributed by atoms with Crippen molar-refractivity contribution in [2.24, 2.45) is 17.6 Å². The first kappa shape index (κ1) is 16.2. The number of nitrogens with one attached hydrogen (secondary N) is 1. The number of benzene rings is 1. The van der Waals surface area contributed by atoms with E-state index in [4.69, 9.17) is 11.0 Å². The summed E-state index contributed by atoms with van der Waals surface area (Å²) < 4.78 is 0. The van der Waals surface area contributed by atoms with Gasteiger partial charge in [-0.3, -0.25) is 4.79 Å². The minimum Gasteiger partial charge on any atom is -0.352 e. The monoisotopic (exact) mass is 273 g/mol. The van der Waals surface area contributed by atoms with E-state index in [1.165, 1.54) is 0 Å². The third-order valence-corrected chi connectivity index (χ3v) is 3.18.